The Morgan fingerprint density at radius 3 is 0.930 bits per heavy atom. The van der Waals surface area contributed by atoms with Crippen molar-refractivity contribution in [1.82, 2.24) is 29.9 Å². The van der Waals surface area contributed by atoms with E-state index < -0.39 is 24.2 Å². The average molecular weight is 2120 g/mol. The first-order valence-corrected chi connectivity index (χ1v) is 50.4. The number of aryl methyl sites for hydroxylation is 6. The van der Waals surface area contributed by atoms with Crippen molar-refractivity contribution in [1.29, 1.82) is 0 Å². The molecule has 0 fully saturated rings. The number of aromatic nitrogens is 6. The van der Waals surface area contributed by atoms with Gasteiger partial charge in [0.05, 0.1) is 24.2 Å². The van der Waals surface area contributed by atoms with E-state index in [1.165, 1.54) is 104 Å². The molecule has 0 unspecified atom stereocenters. The molecule has 114 heavy (non-hydrogen) atoms. The number of nitrogens with zero attached hydrogens (tertiary/aromatic N) is 6. The second kappa shape index (κ2) is 39.2. The van der Waals surface area contributed by atoms with Gasteiger partial charge in [0.15, 0.2) is 0 Å². The number of thiophene rings is 3. The molecule has 9 aromatic carbocycles. The SMILES string of the molecule is Cc1ccc(-c2[c-]ccc3c2sc2c([Si](C)(C)C)cccc23)nc1.Cc1ccc(-c2[c-]ccc3c2sc2cc([Si](C)(C)C)ccc23)nc1.Cc1ccc(-c2[c-]ccc3c2sc2ccc([Si](C)(C)C)cc23)nc1.Cc1ccc(-c2[c-]cccc2)nc1.Cc1ccc(-c2[c-]cccc2)nc1.Cc1ccc(-c2[c-]cccc2)nc1.[Ir].[Ir].[Ir]. The molecular weight excluding hydrogens is 2030 g/mol. The Labute approximate surface area is 728 Å². The third-order valence-corrected chi connectivity index (χ3v) is 29.0. The maximum atomic E-state index is 4.62. The Morgan fingerprint density at radius 1 is 0.246 bits per heavy atom. The van der Waals surface area contributed by atoms with Gasteiger partial charge in [-0.05, 0) is 157 Å². The summed E-state index contributed by atoms with van der Waals surface area (Å²) in [4.78, 5) is 26.8. The summed E-state index contributed by atoms with van der Waals surface area (Å²) in [5.41, 5.74) is 19.5. The van der Waals surface area contributed by atoms with Crippen LogP contribution in [0.5, 0.6) is 0 Å². The number of fused-ring (bicyclic) bond motifs is 9. The zero-order valence-corrected chi connectivity index (χ0v) is 79.5. The third-order valence-electron chi connectivity index (χ3n) is 19.1. The molecule has 3 radical (unpaired) electrons. The van der Waals surface area contributed by atoms with Crippen molar-refractivity contribution >= 4 is 134 Å². The van der Waals surface area contributed by atoms with Crippen LogP contribution in [0.15, 0.2) is 274 Å². The van der Waals surface area contributed by atoms with Gasteiger partial charge in [-0.2, -0.15) is 34.0 Å². The molecule has 9 aromatic heterocycles. The van der Waals surface area contributed by atoms with Crippen LogP contribution in [0.1, 0.15) is 33.4 Å². The Morgan fingerprint density at radius 2 is 0.579 bits per heavy atom. The summed E-state index contributed by atoms with van der Waals surface area (Å²) < 4.78 is 8.04. The van der Waals surface area contributed by atoms with Gasteiger partial charge in [0, 0.05) is 112 Å². The van der Waals surface area contributed by atoms with Crippen molar-refractivity contribution in [3.63, 3.8) is 0 Å². The summed E-state index contributed by atoms with van der Waals surface area (Å²) in [6.07, 6.45) is 11.4. The second-order valence-corrected chi connectivity index (χ2v) is 49.4. The normalized spacial score (nSPS) is 11.1. The molecule has 18 aromatic rings. The number of pyridine rings is 6. The van der Waals surface area contributed by atoms with Crippen molar-refractivity contribution in [3.05, 3.63) is 344 Å². The minimum Gasteiger partial charge on any atom is -0.304 e. The minimum absolute atomic E-state index is 0. The maximum absolute atomic E-state index is 4.62. The Kier molecular flexibility index (Phi) is 30.1. The fourth-order valence-corrected chi connectivity index (χ4v) is 21.3. The van der Waals surface area contributed by atoms with Gasteiger partial charge in [-0.3, -0.25) is 0 Å². The van der Waals surface area contributed by atoms with Gasteiger partial charge in [-0.15, -0.1) is 179 Å². The summed E-state index contributed by atoms with van der Waals surface area (Å²) in [7, 11) is -3.99. The van der Waals surface area contributed by atoms with E-state index in [1.807, 2.05) is 201 Å². The van der Waals surface area contributed by atoms with Gasteiger partial charge in [0.25, 0.3) is 0 Å². The van der Waals surface area contributed by atoms with E-state index >= 15 is 0 Å². The molecule has 0 spiro atoms. The van der Waals surface area contributed by atoms with Crippen molar-refractivity contribution in [2.24, 2.45) is 0 Å². The molecule has 579 valence electrons. The van der Waals surface area contributed by atoms with E-state index in [-0.39, 0.29) is 60.3 Å². The van der Waals surface area contributed by atoms with Crippen LogP contribution in [-0.4, -0.2) is 54.1 Å². The first-order valence-electron chi connectivity index (χ1n) is 37.5. The average Bonchev–Trinajstić information content (AvgIpc) is 1.62. The molecule has 0 atom stereocenters. The molecule has 0 aliphatic carbocycles. The minimum atomic E-state index is -1.38. The zero-order chi connectivity index (χ0) is 78.0. The Hall–Kier alpha value is -8.86. The largest absolute Gasteiger partial charge is 0.304 e. The van der Waals surface area contributed by atoms with E-state index in [9.17, 15) is 0 Å². The van der Waals surface area contributed by atoms with Crippen LogP contribution in [0.2, 0.25) is 58.9 Å². The molecule has 0 aliphatic rings. The molecule has 0 amide bonds. The van der Waals surface area contributed by atoms with Gasteiger partial charge in [-0.1, -0.05) is 201 Å². The summed E-state index contributed by atoms with van der Waals surface area (Å²) >= 11 is 5.62. The predicted octanol–water partition coefficient (Wildman–Crippen LogP) is 25.9. The van der Waals surface area contributed by atoms with E-state index in [0.717, 1.165) is 67.5 Å². The molecule has 18 rings (SSSR count). The molecule has 6 nitrogen and oxygen atoms in total. The fourth-order valence-electron chi connectivity index (χ4n) is 12.7. The van der Waals surface area contributed by atoms with E-state index in [2.05, 4.69) is 273 Å². The molecule has 0 saturated heterocycles. The third kappa shape index (κ3) is 21.6. The Balaban J connectivity index is 0.000000147. The van der Waals surface area contributed by atoms with Gasteiger partial charge < -0.3 is 29.9 Å². The number of benzene rings is 9. The topological polar surface area (TPSA) is 77.3 Å². The van der Waals surface area contributed by atoms with Crippen LogP contribution < -0.4 is 15.6 Å². The van der Waals surface area contributed by atoms with E-state index in [1.54, 1.807) is 5.19 Å². The van der Waals surface area contributed by atoms with Crippen LogP contribution in [0.4, 0.5) is 0 Å². The monoisotopic (exact) mass is 2120 g/mol. The second-order valence-electron chi connectivity index (χ2n) is 31.1. The Bertz CT molecular complexity index is 5910. The van der Waals surface area contributed by atoms with Crippen LogP contribution in [0.3, 0.4) is 0 Å². The van der Waals surface area contributed by atoms with Crippen molar-refractivity contribution in [3.8, 4) is 67.5 Å². The zero-order valence-electron chi connectivity index (χ0n) is 66.9. The molecular formula is C99H90Ir3N6S3Si3-6. The smallest absolute Gasteiger partial charge is 0.0794 e. The summed E-state index contributed by atoms with van der Waals surface area (Å²) in [6.45, 7) is 34.0. The van der Waals surface area contributed by atoms with Crippen LogP contribution >= 0.6 is 34.0 Å². The van der Waals surface area contributed by atoms with E-state index in [4.69, 9.17) is 0 Å². The van der Waals surface area contributed by atoms with Crippen molar-refractivity contribution in [2.45, 2.75) is 100 Å². The van der Waals surface area contributed by atoms with Crippen molar-refractivity contribution < 1.29 is 60.3 Å². The van der Waals surface area contributed by atoms with Crippen LogP contribution in [0.25, 0.3) is 128 Å². The molecule has 0 saturated carbocycles. The van der Waals surface area contributed by atoms with E-state index in [0.29, 0.717) is 0 Å². The first-order chi connectivity index (χ1) is 53.4. The molecule has 15 heteroatoms. The summed E-state index contributed by atoms with van der Waals surface area (Å²) in [5.74, 6) is 0. The quantitative estimate of drug-likeness (QED) is 0.106. The van der Waals surface area contributed by atoms with Gasteiger partial charge >= 0.3 is 0 Å². The maximum Gasteiger partial charge on any atom is 0.0794 e. The number of hydrogen-bond acceptors (Lipinski definition) is 9. The molecule has 0 bridgehead atoms. The number of hydrogen-bond donors (Lipinski definition) is 0. The van der Waals surface area contributed by atoms with Gasteiger partial charge in [-0.25, -0.2) is 0 Å². The van der Waals surface area contributed by atoms with Crippen LogP contribution in [0, 0.1) is 77.9 Å². The summed E-state index contributed by atoms with van der Waals surface area (Å²) in [5, 5.41) is 12.6. The molecule has 0 N–H and O–H groups in total. The van der Waals surface area contributed by atoms with Gasteiger partial charge in [0.2, 0.25) is 0 Å². The molecule has 0 aliphatic heterocycles. The molecule has 9 heterocycles. The van der Waals surface area contributed by atoms with Crippen LogP contribution in [-0.2, 0) is 60.3 Å². The predicted molar refractivity (Wildman–Crippen MR) is 487 cm³/mol. The first kappa shape index (κ1) is 87.5. The van der Waals surface area contributed by atoms with Crippen molar-refractivity contribution in [2.75, 3.05) is 0 Å². The van der Waals surface area contributed by atoms with Gasteiger partial charge in [0.1, 0.15) is 0 Å². The fraction of sp³-hybridized carbons (Fsp3) is 0.152. The standard InChI is InChI=1S/3C21H20NSSi.3C12H10N.3Ir/c1-14-11-12-18(22-13-14)17-9-5-7-15-16-8-6-10-19(24(2,3)4)21(16)23-20(15)17;1-14-8-11-19(22-13-14)18-7-5-6-17-16-10-9-15(24(2,3)4)12-20(16)23-21(17)18;1-14-8-10-19(22-13-14)17-7-5-6-16-18-12-15(24(2,3)4)9-11-20(18)23-21(16)17;3*1-10-7-8-12(13-9-10)11-5-3-2-4-6-11;;;/h5-8,10-13H,1-4H3;2*5-6,8-13H,1-4H3;3*2-5,7-9H,1H3;;;/q6*-1;;;. The summed E-state index contributed by atoms with van der Waals surface area (Å²) in [6, 6.07) is 102. The number of rotatable bonds is 9.